The van der Waals surface area contributed by atoms with Gasteiger partial charge in [-0.25, -0.2) is 0 Å². The van der Waals surface area contributed by atoms with Gasteiger partial charge in [-0.1, -0.05) is 30.7 Å². The van der Waals surface area contributed by atoms with Crippen LogP contribution in [0.4, 0.5) is 0 Å². The predicted octanol–water partition coefficient (Wildman–Crippen LogP) is 1.91. The van der Waals surface area contributed by atoms with Crippen LogP contribution in [-0.4, -0.2) is 22.2 Å². The number of carboxylic acid groups (broad SMARTS) is 1. The zero-order valence-corrected chi connectivity index (χ0v) is 11.0. The number of hydrogen-bond donors (Lipinski definition) is 3. The van der Waals surface area contributed by atoms with Crippen LogP contribution in [0.25, 0.3) is 0 Å². The molecule has 0 heterocycles. The minimum atomic E-state index is -0.668. The molecular weight excluding hydrogens is 242 g/mol. The van der Waals surface area contributed by atoms with E-state index in [2.05, 4.69) is 5.32 Å². The van der Waals surface area contributed by atoms with Crippen LogP contribution < -0.4 is 5.32 Å². The summed E-state index contributed by atoms with van der Waals surface area (Å²) in [7, 11) is 0. The highest BCUT2D eigenvalue weighted by Gasteiger charge is 2.26. The molecule has 2 unspecified atom stereocenters. The first kappa shape index (κ1) is 14.0. The van der Waals surface area contributed by atoms with Crippen LogP contribution in [0, 0.1) is 5.92 Å². The Balaban J connectivity index is 1.82. The third-order valence-electron chi connectivity index (χ3n) is 3.82. The number of aliphatic hydroxyl groups is 1. The molecule has 1 saturated carbocycles. The molecule has 1 fully saturated rings. The number of aliphatic hydroxyl groups excluding tert-OH is 1. The van der Waals surface area contributed by atoms with Crippen molar-refractivity contribution in [3.05, 3.63) is 35.4 Å². The lowest BCUT2D eigenvalue weighted by atomic mass is 9.86. The molecule has 3 N–H and O–H groups in total. The van der Waals surface area contributed by atoms with E-state index in [4.69, 9.17) is 10.2 Å². The molecule has 0 aliphatic heterocycles. The zero-order chi connectivity index (χ0) is 13.7. The van der Waals surface area contributed by atoms with E-state index < -0.39 is 5.97 Å². The van der Waals surface area contributed by atoms with Gasteiger partial charge in [0.25, 0.3) is 0 Å². The average Bonchev–Trinajstić information content (AvgIpc) is 2.46. The van der Waals surface area contributed by atoms with Gasteiger partial charge in [0, 0.05) is 12.6 Å². The van der Waals surface area contributed by atoms with Crippen LogP contribution in [-0.2, 0) is 17.9 Å². The quantitative estimate of drug-likeness (QED) is 0.759. The van der Waals surface area contributed by atoms with Crippen LogP contribution in [0.3, 0.4) is 0 Å². The Morgan fingerprint density at radius 2 is 1.89 bits per heavy atom. The third-order valence-corrected chi connectivity index (χ3v) is 3.82. The van der Waals surface area contributed by atoms with Gasteiger partial charge in [0.1, 0.15) is 0 Å². The molecule has 104 valence electrons. The molecule has 1 aromatic rings. The van der Waals surface area contributed by atoms with Gasteiger partial charge in [0.05, 0.1) is 12.5 Å². The second kappa shape index (κ2) is 6.68. The van der Waals surface area contributed by atoms with E-state index in [1.54, 1.807) is 0 Å². The van der Waals surface area contributed by atoms with Gasteiger partial charge < -0.3 is 15.5 Å². The Bertz CT molecular complexity index is 416. The molecule has 4 nitrogen and oxygen atoms in total. The lowest BCUT2D eigenvalue weighted by Gasteiger charge is -2.27. The number of rotatable bonds is 5. The zero-order valence-electron chi connectivity index (χ0n) is 11.0. The van der Waals surface area contributed by atoms with Gasteiger partial charge in [0.15, 0.2) is 0 Å². The number of carboxylic acids is 1. The minimum absolute atomic E-state index is 0.0661. The van der Waals surface area contributed by atoms with Gasteiger partial charge in [-0.15, -0.1) is 0 Å². The van der Waals surface area contributed by atoms with Crippen LogP contribution in [0.5, 0.6) is 0 Å². The maximum absolute atomic E-state index is 11.0. The van der Waals surface area contributed by atoms with E-state index in [1.165, 1.54) is 0 Å². The second-order valence-electron chi connectivity index (χ2n) is 5.25. The molecule has 0 bridgehead atoms. The van der Waals surface area contributed by atoms with Gasteiger partial charge in [-0.3, -0.25) is 4.79 Å². The molecule has 0 amide bonds. The highest BCUT2D eigenvalue weighted by Crippen LogP contribution is 2.24. The maximum atomic E-state index is 11.0. The summed E-state index contributed by atoms with van der Waals surface area (Å²) < 4.78 is 0. The molecule has 2 rings (SSSR count). The monoisotopic (exact) mass is 263 g/mol. The van der Waals surface area contributed by atoms with Gasteiger partial charge >= 0.3 is 5.97 Å². The Kier molecular flexibility index (Phi) is 4.93. The summed E-state index contributed by atoms with van der Waals surface area (Å²) in [4.78, 5) is 11.0. The van der Waals surface area contributed by atoms with Crippen molar-refractivity contribution in [2.75, 3.05) is 0 Å². The van der Waals surface area contributed by atoms with Crippen molar-refractivity contribution in [1.82, 2.24) is 5.32 Å². The highest BCUT2D eigenvalue weighted by molar-refractivity contribution is 5.70. The van der Waals surface area contributed by atoms with E-state index >= 15 is 0 Å². The molecule has 19 heavy (non-hydrogen) atoms. The fourth-order valence-corrected chi connectivity index (χ4v) is 2.62. The molecule has 1 aliphatic rings. The van der Waals surface area contributed by atoms with Crippen molar-refractivity contribution in [3.8, 4) is 0 Å². The van der Waals surface area contributed by atoms with Crippen LogP contribution >= 0.6 is 0 Å². The second-order valence-corrected chi connectivity index (χ2v) is 5.25. The van der Waals surface area contributed by atoms with E-state index in [-0.39, 0.29) is 12.5 Å². The van der Waals surface area contributed by atoms with E-state index in [9.17, 15) is 4.79 Å². The molecule has 4 heteroatoms. The number of hydrogen-bond acceptors (Lipinski definition) is 3. The summed E-state index contributed by atoms with van der Waals surface area (Å²) in [5.74, 6) is -0.859. The molecule has 0 spiro atoms. The Hall–Kier alpha value is -1.39. The third kappa shape index (κ3) is 4.04. The van der Waals surface area contributed by atoms with Crippen molar-refractivity contribution in [1.29, 1.82) is 0 Å². The molecule has 2 atom stereocenters. The van der Waals surface area contributed by atoms with Crippen LogP contribution in [0.1, 0.15) is 36.8 Å². The normalized spacial score (nSPS) is 23.2. The summed E-state index contributed by atoms with van der Waals surface area (Å²) in [6.07, 6.45) is 3.57. The minimum Gasteiger partial charge on any atom is -0.481 e. The first-order valence-corrected chi connectivity index (χ1v) is 6.84. The highest BCUT2D eigenvalue weighted by atomic mass is 16.4. The first-order valence-electron chi connectivity index (χ1n) is 6.84. The first-order chi connectivity index (χ1) is 9.19. The number of carbonyl (C=O) groups is 1. The summed E-state index contributed by atoms with van der Waals surface area (Å²) >= 11 is 0. The number of aliphatic carboxylic acids is 1. The van der Waals surface area contributed by atoms with Gasteiger partial charge in [-0.05, 0) is 30.4 Å². The van der Waals surface area contributed by atoms with Crippen molar-refractivity contribution in [2.24, 2.45) is 5.92 Å². The van der Waals surface area contributed by atoms with Crippen LogP contribution in [0.2, 0.25) is 0 Å². The van der Waals surface area contributed by atoms with Gasteiger partial charge in [-0.2, -0.15) is 0 Å². The van der Waals surface area contributed by atoms with Gasteiger partial charge in [0.2, 0.25) is 0 Å². The van der Waals surface area contributed by atoms with Crippen molar-refractivity contribution in [3.63, 3.8) is 0 Å². The average molecular weight is 263 g/mol. The summed E-state index contributed by atoms with van der Waals surface area (Å²) in [5.41, 5.74) is 2.07. The standard InChI is InChI=1S/C15H21NO3/c17-10-12-6-4-11(5-7-12)9-16-14-3-1-2-13(8-14)15(18)19/h4-7,13-14,16-17H,1-3,8-10H2,(H,18,19). The lowest BCUT2D eigenvalue weighted by molar-refractivity contribution is -0.143. The smallest absolute Gasteiger partial charge is 0.306 e. The number of benzene rings is 1. The van der Waals surface area contributed by atoms with E-state index in [0.29, 0.717) is 6.04 Å². The molecule has 1 aliphatic carbocycles. The summed E-state index contributed by atoms with van der Waals surface area (Å²) in [5, 5.41) is 21.5. The van der Waals surface area contributed by atoms with Crippen LogP contribution in [0.15, 0.2) is 24.3 Å². The van der Waals surface area contributed by atoms with Crippen molar-refractivity contribution >= 4 is 5.97 Å². The molecule has 0 radical (unpaired) electrons. The Labute approximate surface area is 113 Å². The molecule has 0 aromatic heterocycles. The lowest BCUT2D eigenvalue weighted by Crippen LogP contribution is -2.36. The SMILES string of the molecule is O=C(O)C1CCCC(NCc2ccc(CO)cc2)C1. The fourth-order valence-electron chi connectivity index (χ4n) is 2.62. The Morgan fingerprint density at radius 3 is 2.53 bits per heavy atom. The largest absolute Gasteiger partial charge is 0.481 e. The Morgan fingerprint density at radius 1 is 1.21 bits per heavy atom. The predicted molar refractivity (Wildman–Crippen MR) is 72.6 cm³/mol. The van der Waals surface area contributed by atoms with Crippen molar-refractivity contribution in [2.45, 2.75) is 44.9 Å². The van der Waals surface area contributed by atoms with Crippen molar-refractivity contribution < 1.29 is 15.0 Å². The summed E-state index contributed by atoms with van der Waals surface area (Å²) in [6.45, 7) is 0.819. The topological polar surface area (TPSA) is 69.6 Å². The molecule has 0 saturated heterocycles. The maximum Gasteiger partial charge on any atom is 0.306 e. The van der Waals surface area contributed by atoms with E-state index in [0.717, 1.165) is 43.4 Å². The van der Waals surface area contributed by atoms with E-state index in [1.807, 2.05) is 24.3 Å². The molecule has 1 aromatic carbocycles. The molecular formula is C15H21NO3. The number of nitrogens with one attached hydrogen (secondary N) is 1. The fraction of sp³-hybridized carbons (Fsp3) is 0.533. The summed E-state index contributed by atoms with van der Waals surface area (Å²) in [6, 6.07) is 8.12.